The van der Waals surface area contributed by atoms with Crippen molar-refractivity contribution >= 4 is 11.7 Å². The van der Waals surface area contributed by atoms with E-state index in [1.807, 2.05) is 0 Å². The lowest BCUT2D eigenvalue weighted by Crippen LogP contribution is -2.39. The number of hydrogen-bond acceptors (Lipinski definition) is 3. The van der Waals surface area contributed by atoms with Gasteiger partial charge in [-0.2, -0.15) is 0 Å². The molecule has 1 N–H and O–H groups in total. The van der Waals surface area contributed by atoms with E-state index in [0.717, 1.165) is 16.8 Å². The van der Waals surface area contributed by atoms with Crippen molar-refractivity contribution in [2.45, 2.75) is 13.0 Å². The Kier molecular flexibility index (Phi) is 4.50. The third-order valence-electron chi connectivity index (χ3n) is 4.42. The minimum atomic E-state index is -0.353. The van der Waals surface area contributed by atoms with Crippen LogP contribution in [0.5, 0.6) is 0 Å². The van der Waals surface area contributed by atoms with Crippen LogP contribution in [0, 0.1) is 11.6 Å². The van der Waals surface area contributed by atoms with E-state index in [-0.39, 0.29) is 17.7 Å². The van der Waals surface area contributed by atoms with Crippen LogP contribution in [-0.4, -0.2) is 27.4 Å². The van der Waals surface area contributed by atoms with Gasteiger partial charge in [0, 0.05) is 36.0 Å². The lowest BCUT2D eigenvalue weighted by atomic mass is 10.1. The van der Waals surface area contributed by atoms with Crippen molar-refractivity contribution in [1.29, 1.82) is 0 Å². The Morgan fingerprint density at radius 2 is 1.67 bits per heavy atom. The molecule has 0 saturated heterocycles. The Hall–Kier alpha value is -3.35. The van der Waals surface area contributed by atoms with Gasteiger partial charge in [-0.15, -0.1) is 0 Å². The number of aromatic nitrogens is 2. The molecule has 3 aromatic rings. The molecule has 136 valence electrons. The summed E-state index contributed by atoms with van der Waals surface area (Å²) in [5.41, 5.74) is 3.04. The van der Waals surface area contributed by atoms with Gasteiger partial charge in [0.05, 0.1) is 12.2 Å². The van der Waals surface area contributed by atoms with Gasteiger partial charge in [-0.05, 0) is 48.5 Å². The maximum atomic E-state index is 13.1. The number of carbonyl (C=O) groups is 1. The standard InChI is InChI=1S/C20H16F2N4O/c21-15-3-1-13(2-4-15)19-23-11-14-12-26(10-9-18(14)25-19)20(27)24-17-7-5-16(22)6-8-17/h1-8,11H,9-10,12H2,(H,24,27). The quantitative estimate of drug-likeness (QED) is 0.745. The predicted octanol–water partition coefficient (Wildman–Crippen LogP) is 4.01. The molecular weight excluding hydrogens is 350 g/mol. The summed E-state index contributed by atoms with van der Waals surface area (Å²) in [4.78, 5) is 23.0. The largest absolute Gasteiger partial charge is 0.322 e. The van der Waals surface area contributed by atoms with Gasteiger partial charge in [0.25, 0.3) is 0 Å². The number of carbonyl (C=O) groups excluding carboxylic acids is 1. The Morgan fingerprint density at radius 1 is 1.00 bits per heavy atom. The summed E-state index contributed by atoms with van der Waals surface area (Å²) in [6, 6.07) is 11.4. The van der Waals surface area contributed by atoms with E-state index in [9.17, 15) is 13.6 Å². The molecule has 0 bridgehead atoms. The highest BCUT2D eigenvalue weighted by Crippen LogP contribution is 2.22. The van der Waals surface area contributed by atoms with Gasteiger partial charge >= 0.3 is 6.03 Å². The van der Waals surface area contributed by atoms with Gasteiger partial charge in [-0.3, -0.25) is 0 Å². The van der Waals surface area contributed by atoms with Gasteiger partial charge in [0.1, 0.15) is 11.6 Å². The number of nitrogens with zero attached hydrogens (tertiary/aromatic N) is 3. The van der Waals surface area contributed by atoms with Gasteiger partial charge in [0.15, 0.2) is 5.82 Å². The zero-order valence-electron chi connectivity index (χ0n) is 14.3. The van der Waals surface area contributed by atoms with Crippen LogP contribution >= 0.6 is 0 Å². The van der Waals surface area contributed by atoms with Crippen LogP contribution in [0.1, 0.15) is 11.3 Å². The Labute approximate surface area is 154 Å². The van der Waals surface area contributed by atoms with Crippen LogP contribution in [0.25, 0.3) is 11.4 Å². The minimum absolute atomic E-state index is 0.255. The predicted molar refractivity (Wildman–Crippen MR) is 97.0 cm³/mol. The number of benzene rings is 2. The zero-order chi connectivity index (χ0) is 18.8. The fourth-order valence-electron chi connectivity index (χ4n) is 2.96. The molecule has 0 aliphatic carbocycles. The molecule has 27 heavy (non-hydrogen) atoms. The molecule has 7 heteroatoms. The lowest BCUT2D eigenvalue weighted by Gasteiger charge is -2.28. The lowest BCUT2D eigenvalue weighted by molar-refractivity contribution is 0.206. The topological polar surface area (TPSA) is 58.1 Å². The van der Waals surface area contributed by atoms with Crippen molar-refractivity contribution in [1.82, 2.24) is 14.9 Å². The molecule has 0 fully saturated rings. The van der Waals surface area contributed by atoms with E-state index >= 15 is 0 Å². The highest BCUT2D eigenvalue weighted by Gasteiger charge is 2.22. The first-order chi connectivity index (χ1) is 13.1. The van der Waals surface area contributed by atoms with E-state index in [1.54, 1.807) is 23.2 Å². The second kappa shape index (κ2) is 7.11. The monoisotopic (exact) mass is 366 g/mol. The molecule has 0 unspecified atom stereocenters. The molecule has 0 saturated carbocycles. The first-order valence-electron chi connectivity index (χ1n) is 8.51. The second-order valence-electron chi connectivity index (χ2n) is 6.28. The third-order valence-corrected chi connectivity index (χ3v) is 4.42. The van der Waals surface area contributed by atoms with Gasteiger partial charge in [-0.1, -0.05) is 0 Å². The van der Waals surface area contributed by atoms with Crippen molar-refractivity contribution in [2.24, 2.45) is 0 Å². The first kappa shape index (κ1) is 17.1. The highest BCUT2D eigenvalue weighted by atomic mass is 19.1. The van der Waals surface area contributed by atoms with Crippen LogP contribution < -0.4 is 5.32 Å². The minimum Gasteiger partial charge on any atom is -0.320 e. The van der Waals surface area contributed by atoms with E-state index in [2.05, 4.69) is 15.3 Å². The molecule has 2 amide bonds. The fourth-order valence-corrected chi connectivity index (χ4v) is 2.96. The molecule has 5 nitrogen and oxygen atoms in total. The number of nitrogens with one attached hydrogen (secondary N) is 1. The van der Waals surface area contributed by atoms with E-state index in [1.165, 1.54) is 36.4 Å². The molecule has 1 aliphatic rings. The van der Waals surface area contributed by atoms with Crippen LogP contribution in [0.3, 0.4) is 0 Å². The molecular formula is C20H16F2N4O. The number of hydrogen-bond donors (Lipinski definition) is 1. The average molecular weight is 366 g/mol. The van der Waals surface area contributed by atoms with Gasteiger partial charge in [0.2, 0.25) is 0 Å². The maximum Gasteiger partial charge on any atom is 0.322 e. The van der Waals surface area contributed by atoms with Crippen LogP contribution in [0.4, 0.5) is 19.3 Å². The summed E-state index contributed by atoms with van der Waals surface area (Å²) in [6.45, 7) is 0.909. The van der Waals surface area contributed by atoms with Crippen LogP contribution in [0.15, 0.2) is 54.7 Å². The summed E-state index contributed by atoms with van der Waals surface area (Å²) in [7, 11) is 0. The number of urea groups is 1. The van der Waals surface area contributed by atoms with Crippen molar-refractivity contribution < 1.29 is 13.6 Å². The zero-order valence-corrected chi connectivity index (χ0v) is 14.3. The highest BCUT2D eigenvalue weighted by molar-refractivity contribution is 5.89. The second-order valence-corrected chi connectivity index (χ2v) is 6.28. The van der Waals surface area contributed by atoms with Gasteiger partial charge < -0.3 is 10.2 Å². The number of anilines is 1. The molecule has 4 rings (SSSR count). The number of rotatable bonds is 2. The van der Waals surface area contributed by atoms with Crippen LogP contribution in [-0.2, 0) is 13.0 Å². The summed E-state index contributed by atoms with van der Waals surface area (Å²) >= 11 is 0. The van der Waals surface area contributed by atoms with Crippen molar-refractivity contribution in [3.63, 3.8) is 0 Å². The van der Waals surface area contributed by atoms with E-state index < -0.39 is 0 Å². The molecule has 0 atom stereocenters. The molecule has 2 heterocycles. The Morgan fingerprint density at radius 3 is 2.37 bits per heavy atom. The number of fused-ring (bicyclic) bond motifs is 1. The molecule has 0 radical (unpaired) electrons. The van der Waals surface area contributed by atoms with Crippen molar-refractivity contribution in [3.8, 4) is 11.4 Å². The molecule has 2 aromatic carbocycles. The summed E-state index contributed by atoms with van der Waals surface area (Å²) in [6.07, 6.45) is 2.31. The smallest absolute Gasteiger partial charge is 0.320 e. The van der Waals surface area contributed by atoms with Crippen LogP contribution in [0.2, 0.25) is 0 Å². The average Bonchev–Trinajstić information content (AvgIpc) is 2.69. The molecule has 0 spiro atoms. The maximum absolute atomic E-state index is 13.1. The fraction of sp³-hybridized carbons (Fsp3) is 0.150. The summed E-state index contributed by atoms with van der Waals surface area (Å²) < 4.78 is 26.0. The Balaban J connectivity index is 1.47. The van der Waals surface area contributed by atoms with Crippen molar-refractivity contribution in [3.05, 3.63) is 77.6 Å². The first-order valence-corrected chi connectivity index (χ1v) is 8.51. The SMILES string of the molecule is O=C(Nc1ccc(F)cc1)N1CCc2nc(-c3ccc(F)cc3)ncc2C1. The number of halogens is 2. The molecule has 1 aromatic heterocycles. The number of amides is 2. The summed E-state index contributed by atoms with van der Waals surface area (Å²) in [5, 5.41) is 2.76. The van der Waals surface area contributed by atoms with E-state index in [4.69, 9.17) is 0 Å². The Bertz CT molecular complexity index is 974. The molecule has 1 aliphatic heterocycles. The summed E-state index contributed by atoms with van der Waals surface area (Å²) in [5.74, 6) is -0.119. The van der Waals surface area contributed by atoms with Gasteiger partial charge in [-0.25, -0.2) is 23.5 Å². The third kappa shape index (κ3) is 3.76. The normalized spacial score (nSPS) is 13.2. The van der Waals surface area contributed by atoms with Crippen molar-refractivity contribution in [2.75, 3.05) is 11.9 Å². The van der Waals surface area contributed by atoms with E-state index in [0.29, 0.717) is 31.0 Å².